The van der Waals surface area contributed by atoms with E-state index in [-0.39, 0.29) is 72.0 Å². The van der Waals surface area contributed by atoms with Crippen LogP contribution in [-0.4, -0.2) is 197 Å². The summed E-state index contributed by atoms with van der Waals surface area (Å²) in [6, 6.07) is 39.6. The lowest BCUT2D eigenvalue weighted by molar-refractivity contribution is -0.105. The molecule has 134 heavy (non-hydrogen) atoms. The summed E-state index contributed by atoms with van der Waals surface area (Å²) in [5, 5.41) is 30.4. The third-order valence-corrected chi connectivity index (χ3v) is 30.6. The Hall–Kier alpha value is -12.8. The molecule has 3 aliphatic rings. The van der Waals surface area contributed by atoms with Crippen LogP contribution in [0.3, 0.4) is 0 Å². The molecule has 3 saturated heterocycles. The minimum Gasteiger partial charge on any atom is -0.382 e. The first kappa shape index (κ1) is 95.8. The maximum Gasteiger partial charge on any atom is 0.400 e. The fourth-order valence-electron chi connectivity index (χ4n) is 16.4. The fraction of sp³-hybridized carbons (Fsp3) is 0.333. The van der Waals surface area contributed by atoms with Gasteiger partial charge >= 0.3 is 6.18 Å². The predicted molar refractivity (Wildman–Crippen MR) is 521 cm³/mol. The van der Waals surface area contributed by atoms with Crippen LogP contribution in [0, 0.1) is 5.82 Å². The van der Waals surface area contributed by atoms with Gasteiger partial charge in [-0.2, -0.15) is 36.5 Å². The summed E-state index contributed by atoms with van der Waals surface area (Å²) in [7, 11) is -4.93. The van der Waals surface area contributed by atoms with Crippen molar-refractivity contribution in [3.05, 3.63) is 258 Å². The highest BCUT2D eigenvalue weighted by molar-refractivity contribution is 7.92. The van der Waals surface area contributed by atoms with Crippen molar-refractivity contribution >= 4 is 150 Å². The zero-order valence-electron chi connectivity index (χ0n) is 74.8. The normalized spacial score (nSPS) is 15.2. The average molecular weight is 1920 g/mol. The number of nitrogens with one attached hydrogen (secondary N) is 8. The zero-order chi connectivity index (χ0) is 94.5. The molecule has 4 aromatic carbocycles. The van der Waals surface area contributed by atoms with E-state index in [0.717, 1.165) is 135 Å². The van der Waals surface area contributed by atoms with Crippen LogP contribution in [0.25, 0.3) is 38.8 Å². The number of sulfone groups is 1. The van der Waals surface area contributed by atoms with Gasteiger partial charge in [0.15, 0.2) is 5.03 Å². The van der Waals surface area contributed by atoms with Crippen LogP contribution in [-0.2, 0) is 50.3 Å². The molecule has 3 unspecified atom stereocenters. The highest BCUT2D eigenvalue weighted by Gasteiger charge is 2.34. The van der Waals surface area contributed by atoms with Crippen LogP contribution < -0.4 is 64.1 Å². The van der Waals surface area contributed by atoms with Gasteiger partial charge in [0.2, 0.25) is 32.0 Å². The number of likely N-dealkylation sites (tertiary alicyclic amines) is 1. The van der Waals surface area contributed by atoms with Crippen molar-refractivity contribution < 1.29 is 38.6 Å². The van der Waals surface area contributed by atoms with E-state index in [2.05, 4.69) is 110 Å². The minimum atomic E-state index is -4.74. The van der Waals surface area contributed by atoms with Gasteiger partial charge in [0.05, 0.1) is 57.0 Å². The van der Waals surface area contributed by atoms with Crippen LogP contribution in [0.2, 0.25) is 0 Å². The largest absolute Gasteiger partial charge is 0.400 e. The number of thiazole rings is 2. The molecule has 17 rings (SSSR count). The van der Waals surface area contributed by atoms with E-state index >= 15 is 4.39 Å². The molecule has 3 fully saturated rings. The molecule has 8 N–H and O–H groups in total. The second kappa shape index (κ2) is 42.6. The Labute approximate surface area is 782 Å². The van der Waals surface area contributed by atoms with Gasteiger partial charge in [0.25, 0.3) is 26.7 Å². The molecule has 0 radical (unpaired) electrons. The summed E-state index contributed by atoms with van der Waals surface area (Å²) < 4.78 is 126. The standard InChI is InChI=1S/C32H36N8O3S2.C31H33F4N7O2S.C30H35N9O3S2/c1-3-21(4-2)27-16-22-17-35-32(38-24-9-7-23(8-10-24)37-25-6-5-13-34-18-25)39-29(22)40(31(27)41)19-28-30(36-20-44-28)45(42,43)26-11-14-33-15-12-26;1-19(41(2)3)24-15-20-16-37-30(39-22-9-7-21(8-10-22)38-23-11-13-36-14-12-23)40-28(20)42(29(24)43)17-25-26(32)5-4-6-27(25)45(44)18-31(33,34)35;1-4-37(5-2)26-17-21-18-32-29(34-23-10-8-22(9-11-23)33-24-12-15-36(3)19-24)35-27(21)38(28(26)40)20-25-7-6-14-39(25)44(41,42)30-31-13-16-43-30/h7-12,14-17,20-21,25,34,37H,3-6,13,18-19H2,1-2H3,(H,35,38,39);4-10,15-16,23,36,38H,1,11-14,17-18H2,2-3H3,(H,37,39,40);6-11,13-14,16-18,24,33H,4-5,12,15,19-20H2,1-3H3,(H,32,34,35). The van der Waals surface area contributed by atoms with Gasteiger partial charge in [0.1, 0.15) is 34.2 Å². The topological polar surface area (TPSA) is 378 Å². The molecule has 3 atom stereocenters. The number of benzene rings is 4. The number of anilines is 10. The number of piperidine rings is 2. The van der Waals surface area contributed by atoms with Crippen LogP contribution in [0.5, 0.6) is 0 Å². The second-order valence-electron chi connectivity index (χ2n) is 32.8. The van der Waals surface area contributed by atoms with Gasteiger partial charge < -0.3 is 57.2 Å². The van der Waals surface area contributed by atoms with Gasteiger partial charge in [-0.3, -0.25) is 37.3 Å². The third kappa shape index (κ3) is 22.7. The molecule has 0 saturated carbocycles. The molecule has 3 aliphatic heterocycles. The van der Waals surface area contributed by atoms with E-state index in [1.807, 2.05) is 97.6 Å². The van der Waals surface area contributed by atoms with E-state index in [1.54, 1.807) is 65.6 Å². The number of aromatic nitrogens is 13. The monoisotopic (exact) mass is 1920 g/mol. The van der Waals surface area contributed by atoms with Crippen molar-refractivity contribution in [3.8, 4) is 0 Å². The second-order valence-corrected chi connectivity index (χ2v) is 40.0. The fourth-order valence-corrected chi connectivity index (χ4v) is 22.2. The first-order valence-corrected chi connectivity index (χ1v) is 50.0. The maximum absolute atomic E-state index is 15.2. The highest BCUT2D eigenvalue weighted by Crippen LogP contribution is 2.34. The van der Waals surface area contributed by atoms with Crippen molar-refractivity contribution in [1.82, 2.24) is 83.0 Å². The van der Waals surface area contributed by atoms with Gasteiger partial charge in [0, 0.05) is 179 Å². The van der Waals surface area contributed by atoms with Crippen molar-refractivity contribution in [1.29, 1.82) is 0 Å². The molecule has 0 bridgehead atoms. The SMILES string of the molecule is C=C(c1cc2cnc(Nc3ccc(NC4CCNCC4)cc3)nc2n(Cc2c(F)cccc2S(=O)CC(F)(F)F)c1=O)N(C)C.CCC(CC)c1cc2cnc(Nc3ccc(NC4CCCNC4)cc3)nc2n(Cc2scnc2S(=O)(=O)c2ccncc2)c1=O.CCN(CC)c1cc2cnc(Nc3ccc(NC4CCN(C)C4)cc3)nc2n(Cc2cccn2S(=O)(=O)c2nccs2)c1=O. The Bertz CT molecular complexity index is 6950. The Balaban J connectivity index is 0.000000153. The van der Waals surface area contributed by atoms with Crippen molar-refractivity contribution in [2.24, 2.45) is 0 Å². The van der Waals surface area contributed by atoms with Gasteiger partial charge in [-0.25, -0.2) is 41.7 Å². The molecule has 0 spiro atoms. The van der Waals surface area contributed by atoms with E-state index < -0.39 is 60.5 Å². The van der Waals surface area contributed by atoms with E-state index in [4.69, 9.17) is 9.97 Å². The van der Waals surface area contributed by atoms with E-state index in [9.17, 15) is 48.6 Å². The molecule has 0 aliphatic carbocycles. The third-order valence-electron chi connectivity index (χ3n) is 23.5. The van der Waals surface area contributed by atoms with E-state index in [1.165, 1.54) is 80.6 Å². The molecular formula is C93H104F4N24O8S5. The molecule has 10 aromatic heterocycles. The molecule has 702 valence electrons. The average Bonchev–Trinajstić information content (AvgIpc) is 1.20. The number of halogens is 4. The molecule has 32 nitrogen and oxygen atoms in total. The van der Waals surface area contributed by atoms with Crippen LogP contribution in [0.1, 0.15) is 106 Å². The number of fused-ring (bicyclic) bond motifs is 3. The molecule has 41 heteroatoms. The zero-order valence-corrected chi connectivity index (χ0v) is 78.9. The lowest BCUT2D eigenvalue weighted by atomic mass is 9.94. The van der Waals surface area contributed by atoms with Crippen molar-refractivity contribution in [2.45, 2.75) is 142 Å². The van der Waals surface area contributed by atoms with E-state index in [0.29, 0.717) is 104 Å². The van der Waals surface area contributed by atoms with Gasteiger partial charge in [-0.1, -0.05) is 26.5 Å². The Morgan fingerprint density at radius 2 is 1.17 bits per heavy atom. The number of hydrogen-bond donors (Lipinski definition) is 8. The number of hydrogen-bond acceptors (Lipinski definition) is 30. The first-order chi connectivity index (χ1) is 64.5. The predicted octanol–water partition coefficient (Wildman–Crippen LogP) is 14.5. The molecular weight excluding hydrogens is 1820 g/mol. The van der Waals surface area contributed by atoms with Gasteiger partial charge in [-0.15, -0.1) is 22.7 Å². The Kier molecular flexibility index (Phi) is 30.5. The molecule has 0 amide bonds. The smallest absolute Gasteiger partial charge is 0.382 e. The minimum absolute atomic E-state index is 0.000475. The van der Waals surface area contributed by atoms with Crippen LogP contribution >= 0.6 is 22.7 Å². The molecule has 13 heterocycles. The number of alkyl halides is 3. The maximum atomic E-state index is 15.2. The summed E-state index contributed by atoms with van der Waals surface area (Å²) in [5.41, 5.74) is 8.47. The quantitative estimate of drug-likeness (QED) is 0.0182. The highest BCUT2D eigenvalue weighted by atomic mass is 32.2. The Morgan fingerprint density at radius 1 is 0.612 bits per heavy atom. The number of rotatable bonds is 32. The van der Waals surface area contributed by atoms with Crippen molar-refractivity contribution in [3.63, 3.8) is 0 Å². The lowest BCUT2D eigenvalue weighted by Crippen LogP contribution is -2.38. The summed E-state index contributed by atoms with van der Waals surface area (Å²) in [5.74, 6) is -1.71. The van der Waals surface area contributed by atoms with Gasteiger partial charge in [-0.05, 0) is 225 Å². The summed E-state index contributed by atoms with van der Waals surface area (Å²) >= 11 is 2.24. The number of likely N-dealkylation sites (N-methyl/N-ethyl adjacent to an activating group) is 1. The lowest BCUT2D eigenvalue weighted by Gasteiger charge is -2.24. The van der Waals surface area contributed by atoms with Crippen LogP contribution in [0.15, 0.2) is 228 Å². The summed E-state index contributed by atoms with van der Waals surface area (Å²) in [4.78, 5) is 87.7. The number of pyridine rings is 4. The summed E-state index contributed by atoms with van der Waals surface area (Å²) in [6.07, 6.45) is 13.0. The molecule has 14 aromatic rings. The first-order valence-electron chi connectivity index (χ1n) is 44.0. The number of nitrogens with zero attached hydrogens (tertiary/aromatic N) is 16. The van der Waals surface area contributed by atoms with Crippen molar-refractivity contribution in [2.75, 3.05) is 116 Å². The Morgan fingerprint density at radius 3 is 1.71 bits per heavy atom. The van der Waals surface area contributed by atoms with Crippen LogP contribution in [0.4, 0.5) is 75.2 Å². The summed E-state index contributed by atoms with van der Waals surface area (Å²) in [6.45, 7) is 18.8.